The van der Waals surface area contributed by atoms with Gasteiger partial charge in [-0.1, -0.05) is 11.8 Å². The predicted octanol–water partition coefficient (Wildman–Crippen LogP) is 0.150. The highest BCUT2D eigenvalue weighted by Crippen LogP contribution is 2.46. The average molecular weight is 145 g/mol. The van der Waals surface area contributed by atoms with E-state index >= 15 is 0 Å². The van der Waals surface area contributed by atoms with Crippen molar-refractivity contribution in [2.75, 3.05) is 0 Å². The van der Waals surface area contributed by atoms with E-state index in [-0.39, 0.29) is 5.24 Å². The molecule has 9 heavy (non-hydrogen) atoms. The van der Waals surface area contributed by atoms with Crippen LogP contribution in [0.5, 0.6) is 0 Å². The molecule has 4 heteroatoms. The van der Waals surface area contributed by atoms with Crippen molar-refractivity contribution < 1.29 is 9.90 Å². The Morgan fingerprint density at radius 3 is 3.22 bits per heavy atom. The first-order chi connectivity index (χ1) is 4.27. The molecule has 2 N–H and O–H groups in total. The third-order valence-electron chi connectivity index (χ3n) is 1.71. The highest BCUT2D eigenvalue weighted by molar-refractivity contribution is 8.14. The summed E-state index contributed by atoms with van der Waals surface area (Å²) in [7, 11) is 0. The number of hydrogen-bond acceptors (Lipinski definition) is 3. The third-order valence-corrected chi connectivity index (χ3v) is 2.89. The van der Waals surface area contributed by atoms with E-state index < -0.39 is 6.23 Å². The van der Waals surface area contributed by atoms with Gasteiger partial charge in [-0.15, -0.1) is 0 Å². The van der Waals surface area contributed by atoms with Gasteiger partial charge in [0.25, 0.3) is 5.24 Å². The lowest BCUT2D eigenvalue weighted by Gasteiger charge is -2.15. The summed E-state index contributed by atoms with van der Waals surface area (Å²) in [5.41, 5.74) is 0. The van der Waals surface area contributed by atoms with Crippen LogP contribution < -0.4 is 5.32 Å². The van der Waals surface area contributed by atoms with Crippen molar-refractivity contribution in [1.29, 1.82) is 0 Å². The summed E-state index contributed by atoms with van der Waals surface area (Å²) >= 11 is 1.31. The van der Waals surface area contributed by atoms with Crippen LogP contribution in [0.15, 0.2) is 0 Å². The molecule has 1 heterocycles. The van der Waals surface area contributed by atoms with Gasteiger partial charge in [0, 0.05) is 11.2 Å². The van der Waals surface area contributed by atoms with E-state index in [2.05, 4.69) is 5.32 Å². The number of carbonyl (C=O) groups is 1. The number of hydrogen-bond donors (Lipinski definition) is 2. The first-order valence-electron chi connectivity index (χ1n) is 2.92. The molecule has 3 atom stereocenters. The maximum Gasteiger partial charge on any atom is 0.281 e. The molecule has 3 unspecified atom stereocenters. The lowest BCUT2D eigenvalue weighted by molar-refractivity contribution is 0.125. The van der Waals surface area contributed by atoms with Crippen molar-refractivity contribution in [1.82, 2.24) is 5.32 Å². The summed E-state index contributed by atoms with van der Waals surface area (Å²) < 4.78 is 0. The summed E-state index contributed by atoms with van der Waals surface area (Å²) in [4.78, 5) is 10.6. The molecule has 0 aromatic carbocycles. The van der Waals surface area contributed by atoms with Crippen molar-refractivity contribution in [2.45, 2.75) is 17.9 Å². The molecule has 1 aliphatic carbocycles. The van der Waals surface area contributed by atoms with Crippen molar-refractivity contribution >= 4 is 17.0 Å². The topological polar surface area (TPSA) is 49.3 Å². The van der Waals surface area contributed by atoms with Crippen LogP contribution in [0.2, 0.25) is 0 Å². The average Bonchev–Trinajstić information content (AvgIpc) is 2.43. The standard InChI is InChI=1S/C5H7NO2S/c7-4-2-1-3(2)9-5(8)6-4/h2-4,7H,1H2,(H,6,8). The van der Waals surface area contributed by atoms with Crippen LogP contribution in [0, 0.1) is 5.92 Å². The van der Waals surface area contributed by atoms with Gasteiger partial charge in [-0.3, -0.25) is 4.79 Å². The Morgan fingerprint density at radius 2 is 2.56 bits per heavy atom. The molecule has 3 nitrogen and oxygen atoms in total. The third kappa shape index (κ3) is 0.822. The minimum Gasteiger partial charge on any atom is -0.373 e. The van der Waals surface area contributed by atoms with Gasteiger partial charge in [-0.2, -0.15) is 0 Å². The van der Waals surface area contributed by atoms with Gasteiger partial charge in [0.15, 0.2) is 0 Å². The lowest BCUT2D eigenvalue weighted by Crippen LogP contribution is -2.37. The van der Waals surface area contributed by atoms with Crippen LogP contribution in [-0.2, 0) is 0 Å². The minimum atomic E-state index is -0.566. The Labute approximate surface area is 56.8 Å². The van der Waals surface area contributed by atoms with Gasteiger partial charge in [0.05, 0.1) is 0 Å². The van der Waals surface area contributed by atoms with E-state index in [1.807, 2.05) is 0 Å². The molecule has 0 radical (unpaired) electrons. The SMILES string of the molecule is O=C1NC(O)C2CC2S1. The first kappa shape index (κ1) is 5.56. The normalized spacial score (nSPS) is 47.7. The maximum atomic E-state index is 10.6. The molecule has 50 valence electrons. The smallest absolute Gasteiger partial charge is 0.281 e. The number of thioether (sulfide) groups is 1. The second kappa shape index (κ2) is 1.64. The van der Waals surface area contributed by atoms with Crippen molar-refractivity contribution in [3.05, 3.63) is 0 Å². The van der Waals surface area contributed by atoms with Crippen molar-refractivity contribution in [3.63, 3.8) is 0 Å². The molecule has 1 saturated carbocycles. The largest absolute Gasteiger partial charge is 0.373 e. The number of carbonyl (C=O) groups excluding carboxylic acids is 1. The Bertz CT molecular complexity index is 161. The summed E-state index contributed by atoms with van der Waals surface area (Å²) in [5.74, 6) is 0.340. The maximum absolute atomic E-state index is 10.6. The van der Waals surface area contributed by atoms with Gasteiger partial charge >= 0.3 is 0 Å². The molecule has 2 rings (SSSR count). The van der Waals surface area contributed by atoms with Gasteiger partial charge in [0.1, 0.15) is 6.23 Å². The van der Waals surface area contributed by atoms with Crippen LogP contribution in [0.25, 0.3) is 0 Å². The summed E-state index contributed by atoms with van der Waals surface area (Å²) in [6.07, 6.45) is 0.425. The van der Waals surface area contributed by atoms with Gasteiger partial charge in [-0.05, 0) is 6.42 Å². The second-order valence-electron chi connectivity index (χ2n) is 2.43. The Kier molecular flexibility index (Phi) is 1.01. The van der Waals surface area contributed by atoms with Crippen LogP contribution in [-0.4, -0.2) is 21.8 Å². The fourth-order valence-corrected chi connectivity index (χ4v) is 2.16. The second-order valence-corrected chi connectivity index (χ2v) is 3.64. The van der Waals surface area contributed by atoms with Gasteiger partial charge in [-0.25, -0.2) is 0 Å². The molecule has 0 spiro atoms. The summed E-state index contributed by atoms with van der Waals surface area (Å²) in [5, 5.41) is 11.8. The van der Waals surface area contributed by atoms with Crippen molar-refractivity contribution in [2.24, 2.45) is 5.92 Å². The molecular weight excluding hydrogens is 138 g/mol. The number of aliphatic hydroxyl groups excluding tert-OH is 1. The van der Waals surface area contributed by atoms with Crippen LogP contribution >= 0.6 is 11.8 Å². The van der Waals surface area contributed by atoms with E-state index in [0.717, 1.165) is 6.42 Å². The molecular formula is C5H7NO2S. The molecule has 0 aromatic rings. The zero-order valence-corrected chi connectivity index (χ0v) is 5.52. The quantitative estimate of drug-likeness (QED) is 0.510. The summed E-state index contributed by atoms with van der Waals surface area (Å²) in [6.45, 7) is 0. The first-order valence-corrected chi connectivity index (χ1v) is 3.80. The Morgan fingerprint density at radius 1 is 1.78 bits per heavy atom. The molecule has 2 aliphatic rings. The fraction of sp³-hybridized carbons (Fsp3) is 0.800. The number of fused-ring (bicyclic) bond motifs is 1. The predicted molar refractivity (Wildman–Crippen MR) is 34.0 cm³/mol. The van der Waals surface area contributed by atoms with Gasteiger partial charge < -0.3 is 10.4 Å². The molecule has 1 amide bonds. The van der Waals surface area contributed by atoms with Crippen LogP contribution in [0.1, 0.15) is 6.42 Å². The van der Waals surface area contributed by atoms with E-state index in [1.54, 1.807) is 0 Å². The zero-order chi connectivity index (χ0) is 6.43. The highest BCUT2D eigenvalue weighted by Gasteiger charge is 2.48. The Hall–Kier alpha value is -0.220. The number of amides is 1. The summed E-state index contributed by atoms with van der Waals surface area (Å²) in [6, 6.07) is 0. The van der Waals surface area contributed by atoms with E-state index in [4.69, 9.17) is 5.11 Å². The highest BCUT2D eigenvalue weighted by atomic mass is 32.2. The minimum absolute atomic E-state index is 0.0822. The van der Waals surface area contributed by atoms with E-state index in [9.17, 15) is 4.79 Å². The number of rotatable bonds is 0. The lowest BCUT2D eigenvalue weighted by atomic mass is 10.4. The van der Waals surface area contributed by atoms with Crippen LogP contribution in [0.4, 0.5) is 4.79 Å². The van der Waals surface area contributed by atoms with E-state index in [0.29, 0.717) is 11.2 Å². The number of aliphatic hydroxyl groups is 1. The Balaban J connectivity index is 2.07. The zero-order valence-electron chi connectivity index (χ0n) is 4.70. The molecule has 0 bridgehead atoms. The molecule has 1 aliphatic heterocycles. The van der Waals surface area contributed by atoms with E-state index in [1.165, 1.54) is 11.8 Å². The number of nitrogens with one attached hydrogen (secondary N) is 1. The van der Waals surface area contributed by atoms with Gasteiger partial charge in [0.2, 0.25) is 0 Å². The fourth-order valence-electron chi connectivity index (χ4n) is 1.06. The van der Waals surface area contributed by atoms with Crippen LogP contribution in [0.3, 0.4) is 0 Å². The monoisotopic (exact) mass is 145 g/mol. The van der Waals surface area contributed by atoms with Crippen molar-refractivity contribution in [3.8, 4) is 0 Å². The molecule has 0 aromatic heterocycles. The molecule has 1 saturated heterocycles. The molecule has 2 fully saturated rings.